The molecular formula is C40H24NOP. The molecule has 1 aliphatic carbocycles. The standard InChI is InChI=1S/C40H24NOP/c42-43(27-12-2-1-3-13-27)38-19-7-5-15-30(38)35-23-34-29-14-4-6-18-36(29)41(37(34)24-39(35)43)26-20-21-28-31-16-8-10-25-11-9-17-32(40(25)31)33(28)22-26/h1-24H. The Morgan fingerprint density at radius 1 is 0.442 bits per heavy atom. The van der Waals surface area contributed by atoms with Gasteiger partial charge in [-0.05, 0) is 74.5 Å². The molecule has 1 atom stereocenters. The minimum atomic E-state index is -3.06. The lowest BCUT2D eigenvalue weighted by atomic mass is 10.0. The normalized spacial score (nSPS) is 16.1. The molecule has 2 aliphatic rings. The van der Waals surface area contributed by atoms with Crippen LogP contribution in [0.2, 0.25) is 0 Å². The van der Waals surface area contributed by atoms with Crippen LogP contribution in [0.25, 0.3) is 71.6 Å². The van der Waals surface area contributed by atoms with Crippen molar-refractivity contribution in [3.05, 3.63) is 146 Å². The van der Waals surface area contributed by atoms with Crippen molar-refractivity contribution >= 4 is 55.6 Å². The summed E-state index contributed by atoms with van der Waals surface area (Å²) in [5.41, 5.74) is 10.6. The second-order valence-electron chi connectivity index (χ2n) is 11.6. The van der Waals surface area contributed by atoms with Gasteiger partial charge in [0.1, 0.15) is 0 Å². The van der Waals surface area contributed by atoms with E-state index in [4.69, 9.17) is 0 Å². The Bertz CT molecular complexity index is 2530. The molecule has 8 aromatic rings. The highest BCUT2D eigenvalue weighted by Crippen LogP contribution is 2.54. The molecule has 0 saturated carbocycles. The molecule has 2 heterocycles. The van der Waals surface area contributed by atoms with E-state index in [1.807, 2.05) is 36.4 Å². The lowest BCUT2D eigenvalue weighted by Gasteiger charge is -2.16. The van der Waals surface area contributed by atoms with Gasteiger partial charge in [-0.1, -0.05) is 115 Å². The summed E-state index contributed by atoms with van der Waals surface area (Å²) in [6.07, 6.45) is 0. The highest BCUT2D eigenvalue weighted by molar-refractivity contribution is 7.86. The smallest absolute Gasteiger partial charge is 0.172 e. The molecule has 200 valence electrons. The van der Waals surface area contributed by atoms with Crippen molar-refractivity contribution in [2.24, 2.45) is 0 Å². The Balaban J connectivity index is 1.29. The van der Waals surface area contributed by atoms with Crippen molar-refractivity contribution in [3.63, 3.8) is 0 Å². The average molecular weight is 566 g/mol. The van der Waals surface area contributed by atoms with Crippen LogP contribution in [0.3, 0.4) is 0 Å². The number of rotatable bonds is 2. The van der Waals surface area contributed by atoms with E-state index >= 15 is 4.57 Å². The van der Waals surface area contributed by atoms with E-state index in [0.717, 1.165) is 43.8 Å². The fraction of sp³-hybridized carbons (Fsp3) is 0. The molecular weight excluding hydrogens is 541 g/mol. The molecule has 43 heavy (non-hydrogen) atoms. The predicted molar refractivity (Wildman–Crippen MR) is 181 cm³/mol. The summed E-state index contributed by atoms with van der Waals surface area (Å²) in [7, 11) is -3.06. The first-order valence-electron chi connectivity index (χ1n) is 14.7. The minimum absolute atomic E-state index is 0.881. The van der Waals surface area contributed by atoms with Gasteiger partial charge in [0.05, 0.1) is 11.0 Å². The second-order valence-corrected chi connectivity index (χ2v) is 14.3. The Hall–Kier alpha value is -5.17. The van der Waals surface area contributed by atoms with Gasteiger partial charge >= 0.3 is 0 Å². The minimum Gasteiger partial charge on any atom is -0.309 e. The number of benzene rings is 7. The quantitative estimate of drug-likeness (QED) is 0.192. The third-order valence-electron chi connectivity index (χ3n) is 9.53. The maximum atomic E-state index is 15.3. The zero-order valence-corrected chi connectivity index (χ0v) is 24.1. The van der Waals surface area contributed by atoms with E-state index < -0.39 is 7.14 Å². The monoisotopic (exact) mass is 565 g/mol. The molecule has 2 nitrogen and oxygen atoms in total. The molecule has 7 aromatic carbocycles. The van der Waals surface area contributed by atoms with Gasteiger partial charge in [0, 0.05) is 32.4 Å². The Morgan fingerprint density at radius 2 is 1.16 bits per heavy atom. The van der Waals surface area contributed by atoms with E-state index in [1.165, 1.54) is 43.8 Å². The van der Waals surface area contributed by atoms with Crippen molar-refractivity contribution in [3.8, 4) is 39.1 Å². The molecule has 0 spiro atoms. The van der Waals surface area contributed by atoms with Crippen LogP contribution in [0.15, 0.2) is 146 Å². The van der Waals surface area contributed by atoms with Crippen molar-refractivity contribution in [1.29, 1.82) is 0 Å². The summed E-state index contributed by atoms with van der Waals surface area (Å²) in [5, 5.41) is 7.72. The van der Waals surface area contributed by atoms with Crippen LogP contribution in [0.5, 0.6) is 0 Å². The second kappa shape index (κ2) is 8.22. The molecule has 3 heteroatoms. The molecule has 0 bridgehead atoms. The largest absolute Gasteiger partial charge is 0.309 e. The van der Waals surface area contributed by atoms with Crippen molar-refractivity contribution < 1.29 is 4.57 Å². The number of para-hydroxylation sites is 1. The Morgan fingerprint density at radius 3 is 2.02 bits per heavy atom. The lowest BCUT2D eigenvalue weighted by Crippen LogP contribution is -2.20. The third-order valence-corrected chi connectivity index (χ3v) is 12.7. The fourth-order valence-electron chi connectivity index (χ4n) is 7.70. The number of hydrogen-bond donors (Lipinski definition) is 0. The van der Waals surface area contributed by atoms with Crippen LogP contribution in [-0.2, 0) is 4.57 Å². The summed E-state index contributed by atoms with van der Waals surface area (Å²) < 4.78 is 17.7. The fourth-order valence-corrected chi connectivity index (χ4v) is 10.8. The average Bonchev–Trinajstić information content (AvgIpc) is 3.66. The van der Waals surface area contributed by atoms with Gasteiger partial charge in [0.25, 0.3) is 0 Å². The molecule has 1 aromatic heterocycles. The van der Waals surface area contributed by atoms with Gasteiger partial charge < -0.3 is 9.13 Å². The van der Waals surface area contributed by atoms with Crippen LogP contribution >= 0.6 is 7.14 Å². The molecule has 1 unspecified atom stereocenters. The highest BCUT2D eigenvalue weighted by atomic mass is 31.2. The highest BCUT2D eigenvalue weighted by Gasteiger charge is 2.40. The lowest BCUT2D eigenvalue weighted by molar-refractivity contribution is 0.593. The SMILES string of the molecule is O=P1(c2ccccc2)c2ccccc2-c2cc3c4ccccc4n(-c4ccc5c(c4)-c4cccc6cccc-5c46)c3cc21. The first kappa shape index (κ1) is 23.4. The molecule has 1 aliphatic heterocycles. The number of hydrogen-bond acceptors (Lipinski definition) is 1. The molecule has 0 saturated heterocycles. The summed E-state index contributed by atoms with van der Waals surface area (Å²) >= 11 is 0. The third kappa shape index (κ3) is 2.91. The number of fused-ring (bicyclic) bond motifs is 9. The van der Waals surface area contributed by atoms with Crippen molar-refractivity contribution in [2.45, 2.75) is 0 Å². The van der Waals surface area contributed by atoms with Gasteiger partial charge in [-0.15, -0.1) is 0 Å². The van der Waals surface area contributed by atoms with Crippen LogP contribution < -0.4 is 15.9 Å². The maximum absolute atomic E-state index is 15.3. The van der Waals surface area contributed by atoms with Crippen LogP contribution in [-0.4, -0.2) is 4.57 Å². The van der Waals surface area contributed by atoms with Crippen LogP contribution in [0.4, 0.5) is 0 Å². The van der Waals surface area contributed by atoms with Gasteiger partial charge in [0.15, 0.2) is 7.14 Å². The molecule has 10 rings (SSSR count). The first-order valence-corrected chi connectivity index (χ1v) is 16.4. The van der Waals surface area contributed by atoms with Gasteiger partial charge in [-0.25, -0.2) is 0 Å². The number of aromatic nitrogens is 1. The molecule has 0 radical (unpaired) electrons. The van der Waals surface area contributed by atoms with Crippen molar-refractivity contribution in [2.75, 3.05) is 0 Å². The maximum Gasteiger partial charge on any atom is 0.172 e. The first-order chi connectivity index (χ1) is 21.2. The molecule has 0 N–H and O–H groups in total. The summed E-state index contributed by atoms with van der Waals surface area (Å²) in [5.74, 6) is 0. The van der Waals surface area contributed by atoms with Crippen LogP contribution in [0.1, 0.15) is 0 Å². The van der Waals surface area contributed by atoms with E-state index in [2.05, 4.69) is 114 Å². The molecule has 0 amide bonds. The molecule has 0 fully saturated rings. The zero-order chi connectivity index (χ0) is 28.3. The Labute approximate surface area is 248 Å². The van der Waals surface area contributed by atoms with Gasteiger partial charge in [-0.2, -0.15) is 0 Å². The van der Waals surface area contributed by atoms with E-state index in [-0.39, 0.29) is 0 Å². The zero-order valence-electron chi connectivity index (χ0n) is 23.2. The van der Waals surface area contributed by atoms with Gasteiger partial charge in [0.2, 0.25) is 0 Å². The summed E-state index contributed by atoms with van der Waals surface area (Å²) in [6.45, 7) is 0. The van der Waals surface area contributed by atoms with Crippen LogP contribution in [0, 0.1) is 0 Å². The predicted octanol–water partition coefficient (Wildman–Crippen LogP) is 9.20. The van der Waals surface area contributed by atoms with E-state index in [1.54, 1.807) is 0 Å². The summed E-state index contributed by atoms with van der Waals surface area (Å²) in [6, 6.07) is 51.5. The summed E-state index contributed by atoms with van der Waals surface area (Å²) in [4.78, 5) is 0. The number of nitrogens with zero attached hydrogens (tertiary/aromatic N) is 1. The van der Waals surface area contributed by atoms with Crippen molar-refractivity contribution in [1.82, 2.24) is 4.57 Å². The topological polar surface area (TPSA) is 22.0 Å². The van der Waals surface area contributed by atoms with Gasteiger partial charge in [-0.3, -0.25) is 0 Å². The van der Waals surface area contributed by atoms with E-state index in [0.29, 0.717) is 0 Å². The van der Waals surface area contributed by atoms with E-state index in [9.17, 15) is 0 Å². The Kier molecular flexibility index (Phi) is 4.47.